The number of aryl methyl sites for hydroxylation is 1. The van der Waals surface area contributed by atoms with Crippen LogP contribution in [0.15, 0.2) is 29.3 Å². The normalized spacial score (nSPS) is 25.2. The van der Waals surface area contributed by atoms with Crippen molar-refractivity contribution in [2.75, 3.05) is 13.1 Å². The molecule has 0 aromatic heterocycles. The first kappa shape index (κ1) is 17.8. The Morgan fingerprint density at radius 1 is 1.35 bits per heavy atom. The molecule has 1 aliphatic rings. The Hall–Kier alpha value is -1.55. The van der Waals surface area contributed by atoms with Crippen LogP contribution in [0, 0.1) is 12.3 Å². The molecule has 128 valence electrons. The van der Waals surface area contributed by atoms with Crippen LogP contribution in [0.2, 0.25) is 0 Å². The molecular formula is C19H31N3O. The van der Waals surface area contributed by atoms with Crippen LogP contribution >= 0.6 is 0 Å². The number of nitrogens with one attached hydrogen (secondary N) is 2. The van der Waals surface area contributed by atoms with Crippen molar-refractivity contribution in [1.29, 1.82) is 0 Å². The molecule has 4 nitrogen and oxygen atoms in total. The molecule has 1 aliphatic carbocycles. The van der Waals surface area contributed by atoms with Crippen molar-refractivity contribution < 1.29 is 5.11 Å². The molecule has 0 spiro atoms. The number of guanidine groups is 1. The van der Waals surface area contributed by atoms with E-state index in [1.54, 1.807) is 0 Å². The molecule has 0 radical (unpaired) electrons. The van der Waals surface area contributed by atoms with Crippen LogP contribution in [0.5, 0.6) is 0 Å². The second kappa shape index (κ2) is 8.34. The minimum atomic E-state index is -0.219. The summed E-state index contributed by atoms with van der Waals surface area (Å²) in [4.78, 5) is 4.68. The van der Waals surface area contributed by atoms with E-state index in [1.165, 1.54) is 17.5 Å². The third kappa shape index (κ3) is 5.24. The van der Waals surface area contributed by atoms with Gasteiger partial charge in [0.2, 0.25) is 0 Å². The first-order valence-electron chi connectivity index (χ1n) is 8.79. The molecule has 1 aromatic rings. The average Bonchev–Trinajstić information content (AvgIpc) is 2.53. The van der Waals surface area contributed by atoms with E-state index in [4.69, 9.17) is 0 Å². The first-order valence-corrected chi connectivity index (χ1v) is 8.79. The van der Waals surface area contributed by atoms with Crippen LogP contribution in [0.25, 0.3) is 0 Å². The van der Waals surface area contributed by atoms with Crippen LogP contribution in [0.3, 0.4) is 0 Å². The van der Waals surface area contributed by atoms with Gasteiger partial charge in [0.25, 0.3) is 0 Å². The minimum absolute atomic E-state index is 0.0578. The van der Waals surface area contributed by atoms with E-state index < -0.39 is 0 Å². The molecule has 2 rings (SSSR count). The Bertz CT molecular complexity index is 529. The quantitative estimate of drug-likeness (QED) is 0.578. The van der Waals surface area contributed by atoms with Crippen molar-refractivity contribution in [3.8, 4) is 0 Å². The minimum Gasteiger partial charge on any atom is -0.392 e. The van der Waals surface area contributed by atoms with E-state index in [9.17, 15) is 5.11 Å². The molecule has 0 bridgehead atoms. The van der Waals surface area contributed by atoms with Gasteiger partial charge in [-0.3, -0.25) is 0 Å². The van der Waals surface area contributed by atoms with Gasteiger partial charge in [-0.1, -0.05) is 49.6 Å². The van der Waals surface area contributed by atoms with E-state index in [0.29, 0.717) is 6.54 Å². The zero-order chi connectivity index (χ0) is 16.7. The van der Waals surface area contributed by atoms with Crippen LogP contribution in [0.1, 0.15) is 50.7 Å². The zero-order valence-electron chi connectivity index (χ0n) is 14.7. The SMILES string of the molecule is CCNC(=NCc1cccc(C)c1)NCC1(C)CCCCC1O. The number of aliphatic imine (C=N–C) groups is 1. The van der Waals surface area contributed by atoms with E-state index in [-0.39, 0.29) is 11.5 Å². The third-order valence-corrected chi connectivity index (χ3v) is 4.79. The fraction of sp³-hybridized carbons (Fsp3) is 0.632. The van der Waals surface area contributed by atoms with Gasteiger partial charge >= 0.3 is 0 Å². The Morgan fingerprint density at radius 2 is 2.17 bits per heavy atom. The highest BCUT2D eigenvalue weighted by Crippen LogP contribution is 2.35. The van der Waals surface area contributed by atoms with Crippen molar-refractivity contribution >= 4 is 5.96 Å². The lowest BCUT2D eigenvalue weighted by atomic mass is 9.73. The Labute approximate surface area is 140 Å². The maximum atomic E-state index is 10.3. The van der Waals surface area contributed by atoms with Gasteiger partial charge in [0.1, 0.15) is 0 Å². The van der Waals surface area contributed by atoms with Crippen LogP contribution in [0.4, 0.5) is 0 Å². The molecule has 1 aromatic carbocycles. The summed E-state index contributed by atoms with van der Waals surface area (Å²) in [7, 11) is 0. The Morgan fingerprint density at radius 3 is 2.87 bits per heavy atom. The van der Waals surface area contributed by atoms with Gasteiger partial charge in [-0.05, 0) is 32.3 Å². The number of nitrogens with zero attached hydrogens (tertiary/aromatic N) is 1. The van der Waals surface area contributed by atoms with Crippen molar-refractivity contribution in [2.45, 2.75) is 59.1 Å². The molecule has 0 saturated heterocycles. The highest BCUT2D eigenvalue weighted by atomic mass is 16.3. The van der Waals surface area contributed by atoms with Gasteiger partial charge in [-0.2, -0.15) is 0 Å². The summed E-state index contributed by atoms with van der Waals surface area (Å²) in [5, 5.41) is 17.0. The molecule has 1 saturated carbocycles. The van der Waals surface area contributed by atoms with E-state index in [1.807, 2.05) is 0 Å². The molecule has 2 atom stereocenters. The maximum Gasteiger partial charge on any atom is 0.191 e. The summed E-state index contributed by atoms with van der Waals surface area (Å²) in [6, 6.07) is 8.44. The van der Waals surface area contributed by atoms with Gasteiger partial charge in [0.15, 0.2) is 5.96 Å². The summed E-state index contributed by atoms with van der Waals surface area (Å²) in [5.41, 5.74) is 2.41. The molecule has 0 heterocycles. The summed E-state index contributed by atoms with van der Waals surface area (Å²) in [5.74, 6) is 0.827. The van der Waals surface area contributed by atoms with E-state index in [2.05, 4.69) is 60.7 Å². The number of aliphatic hydroxyl groups is 1. The zero-order valence-corrected chi connectivity index (χ0v) is 14.7. The molecule has 4 heteroatoms. The standard InChI is InChI=1S/C19H31N3O/c1-4-20-18(21-13-16-9-7-8-15(2)12-16)22-14-19(3)11-6-5-10-17(19)23/h7-9,12,17,23H,4-6,10-11,13-14H2,1-3H3,(H2,20,21,22). The molecule has 23 heavy (non-hydrogen) atoms. The molecular weight excluding hydrogens is 286 g/mol. The second-order valence-electron chi connectivity index (χ2n) is 6.95. The maximum absolute atomic E-state index is 10.3. The average molecular weight is 317 g/mol. The lowest BCUT2D eigenvalue weighted by Gasteiger charge is -2.38. The third-order valence-electron chi connectivity index (χ3n) is 4.79. The largest absolute Gasteiger partial charge is 0.392 e. The number of hydrogen-bond acceptors (Lipinski definition) is 2. The molecule has 0 aliphatic heterocycles. The van der Waals surface area contributed by atoms with Crippen molar-refractivity contribution in [1.82, 2.24) is 10.6 Å². The Kier molecular flexibility index (Phi) is 6.46. The predicted molar refractivity (Wildman–Crippen MR) is 96.6 cm³/mol. The summed E-state index contributed by atoms with van der Waals surface area (Å²) < 4.78 is 0. The van der Waals surface area contributed by atoms with E-state index >= 15 is 0 Å². The summed E-state index contributed by atoms with van der Waals surface area (Å²) in [6.07, 6.45) is 4.10. The number of aliphatic hydroxyl groups excluding tert-OH is 1. The van der Waals surface area contributed by atoms with Crippen LogP contribution < -0.4 is 10.6 Å². The summed E-state index contributed by atoms with van der Waals surface area (Å²) in [6.45, 7) is 8.60. The fourth-order valence-corrected chi connectivity index (χ4v) is 3.20. The molecule has 2 unspecified atom stereocenters. The van der Waals surface area contributed by atoms with Crippen molar-refractivity contribution in [3.05, 3.63) is 35.4 Å². The highest BCUT2D eigenvalue weighted by Gasteiger charge is 2.35. The smallest absolute Gasteiger partial charge is 0.191 e. The van der Waals surface area contributed by atoms with Gasteiger partial charge in [0, 0.05) is 18.5 Å². The predicted octanol–water partition coefficient (Wildman–Crippen LogP) is 2.99. The number of hydrogen-bond donors (Lipinski definition) is 3. The van der Waals surface area contributed by atoms with Crippen molar-refractivity contribution in [2.24, 2.45) is 10.4 Å². The lowest BCUT2D eigenvalue weighted by molar-refractivity contribution is 0.00397. The van der Waals surface area contributed by atoms with Gasteiger partial charge in [0.05, 0.1) is 12.6 Å². The van der Waals surface area contributed by atoms with Gasteiger partial charge in [-0.25, -0.2) is 4.99 Å². The highest BCUT2D eigenvalue weighted by molar-refractivity contribution is 5.79. The first-order chi connectivity index (χ1) is 11.0. The van der Waals surface area contributed by atoms with E-state index in [0.717, 1.165) is 38.3 Å². The van der Waals surface area contributed by atoms with Crippen molar-refractivity contribution in [3.63, 3.8) is 0 Å². The molecule has 1 fully saturated rings. The van der Waals surface area contributed by atoms with Crippen LogP contribution in [-0.4, -0.2) is 30.3 Å². The van der Waals surface area contributed by atoms with Gasteiger partial charge in [-0.15, -0.1) is 0 Å². The molecule has 0 amide bonds. The van der Waals surface area contributed by atoms with Crippen LogP contribution in [-0.2, 0) is 6.54 Å². The molecule has 3 N–H and O–H groups in total. The summed E-state index contributed by atoms with van der Waals surface area (Å²) >= 11 is 0. The fourth-order valence-electron chi connectivity index (χ4n) is 3.20. The Balaban J connectivity index is 1.96. The lowest BCUT2D eigenvalue weighted by Crippen LogP contribution is -2.48. The second-order valence-corrected chi connectivity index (χ2v) is 6.95. The number of benzene rings is 1. The monoisotopic (exact) mass is 317 g/mol. The topological polar surface area (TPSA) is 56.7 Å². The van der Waals surface area contributed by atoms with Gasteiger partial charge < -0.3 is 15.7 Å². The number of rotatable bonds is 5.